The Kier molecular flexibility index (Phi) is 3.21. The molecule has 0 fully saturated rings. The quantitative estimate of drug-likeness (QED) is 0.664. The standard InChI is InChI=1S/C17H17BrN2S/c1-10-3-4-15-17(11(10)2)12-7-19-6-5-14(12)20(15)16-9-21-8-13(16)18/h3-4,8-9,19H,5-7H2,1-2H3. The van der Waals surface area contributed by atoms with Crippen LogP contribution in [0.2, 0.25) is 0 Å². The Morgan fingerprint density at radius 1 is 1.24 bits per heavy atom. The molecule has 1 aliphatic rings. The number of halogens is 1. The maximum atomic E-state index is 3.71. The van der Waals surface area contributed by atoms with E-state index in [1.807, 2.05) is 0 Å². The van der Waals surface area contributed by atoms with Gasteiger partial charge in [0.1, 0.15) is 0 Å². The molecule has 0 amide bonds. The van der Waals surface area contributed by atoms with E-state index in [0.717, 1.165) is 19.5 Å². The van der Waals surface area contributed by atoms with Crippen molar-refractivity contribution < 1.29 is 0 Å². The van der Waals surface area contributed by atoms with Gasteiger partial charge in [0.05, 0.1) is 15.7 Å². The number of aromatic nitrogens is 1. The van der Waals surface area contributed by atoms with Crippen LogP contribution in [0.4, 0.5) is 0 Å². The number of benzene rings is 1. The largest absolute Gasteiger partial charge is 0.312 e. The molecule has 0 bridgehead atoms. The van der Waals surface area contributed by atoms with Crippen molar-refractivity contribution in [1.29, 1.82) is 0 Å². The fourth-order valence-corrected chi connectivity index (χ4v) is 4.81. The molecule has 2 nitrogen and oxygen atoms in total. The number of hydrogen-bond donors (Lipinski definition) is 1. The predicted octanol–water partition coefficient (Wildman–Crippen LogP) is 4.72. The van der Waals surface area contributed by atoms with Gasteiger partial charge in [0.25, 0.3) is 0 Å². The number of thiophene rings is 1. The highest BCUT2D eigenvalue weighted by atomic mass is 79.9. The molecule has 0 aliphatic carbocycles. The minimum absolute atomic E-state index is 0.977. The summed E-state index contributed by atoms with van der Waals surface area (Å²) in [4.78, 5) is 0. The van der Waals surface area contributed by atoms with E-state index in [-0.39, 0.29) is 0 Å². The molecule has 1 aromatic carbocycles. The van der Waals surface area contributed by atoms with E-state index in [9.17, 15) is 0 Å². The van der Waals surface area contributed by atoms with Crippen LogP contribution in [0.25, 0.3) is 16.6 Å². The maximum absolute atomic E-state index is 3.71. The van der Waals surface area contributed by atoms with E-state index in [0.29, 0.717) is 0 Å². The van der Waals surface area contributed by atoms with Crippen molar-refractivity contribution >= 4 is 38.2 Å². The number of nitrogens with zero attached hydrogens (tertiary/aromatic N) is 1. The summed E-state index contributed by atoms with van der Waals surface area (Å²) in [6.07, 6.45) is 1.09. The summed E-state index contributed by atoms with van der Waals surface area (Å²) >= 11 is 5.46. The molecule has 0 radical (unpaired) electrons. The van der Waals surface area contributed by atoms with Gasteiger partial charge in [-0.1, -0.05) is 6.07 Å². The van der Waals surface area contributed by atoms with Crippen LogP contribution < -0.4 is 5.32 Å². The molecular formula is C17H17BrN2S. The normalized spacial score (nSPS) is 14.6. The van der Waals surface area contributed by atoms with Crippen molar-refractivity contribution in [2.24, 2.45) is 0 Å². The van der Waals surface area contributed by atoms with Crippen LogP contribution in [-0.2, 0) is 13.0 Å². The molecule has 4 heteroatoms. The zero-order valence-electron chi connectivity index (χ0n) is 12.2. The summed E-state index contributed by atoms with van der Waals surface area (Å²) in [6.45, 7) is 6.49. The van der Waals surface area contributed by atoms with Crippen molar-refractivity contribution in [1.82, 2.24) is 9.88 Å². The van der Waals surface area contributed by atoms with Crippen LogP contribution in [0.15, 0.2) is 27.4 Å². The average molecular weight is 361 g/mol. The van der Waals surface area contributed by atoms with Gasteiger partial charge in [0.15, 0.2) is 0 Å². The fourth-order valence-electron chi connectivity index (χ4n) is 3.38. The minimum Gasteiger partial charge on any atom is -0.312 e. The molecule has 1 aliphatic heterocycles. The topological polar surface area (TPSA) is 17.0 Å². The Morgan fingerprint density at radius 3 is 2.86 bits per heavy atom. The number of aryl methyl sites for hydroxylation is 2. The average Bonchev–Trinajstić information content (AvgIpc) is 3.04. The van der Waals surface area contributed by atoms with E-state index in [2.05, 4.69) is 62.6 Å². The molecule has 0 saturated heterocycles. The van der Waals surface area contributed by atoms with Gasteiger partial charge < -0.3 is 9.88 Å². The molecule has 2 aromatic heterocycles. The van der Waals surface area contributed by atoms with Gasteiger partial charge >= 0.3 is 0 Å². The summed E-state index contributed by atoms with van der Waals surface area (Å²) < 4.78 is 3.64. The zero-order valence-corrected chi connectivity index (χ0v) is 14.6. The molecule has 4 rings (SSSR count). The fraction of sp³-hybridized carbons (Fsp3) is 0.294. The molecule has 0 saturated carbocycles. The van der Waals surface area contributed by atoms with Gasteiger partial charge in [-0.05, 0) is 52.5 Å². The van der Waals surface area contributed by atoms with E-state index >= 15 is 0 Å². The van der Waals surface area contributed by atoms with Crippen LogP contribution in [-0.4, -0.2) is 11.1 Å². The van der Waals surface area contributed by atoms with Gasteiger partial charge in [0.2, 0.25) is 0 Å². The molecule has 3 heterocycles. The Bertz CT molecular complexity index is 844. The lowest BCUT2D eigenvalue weighted by molar-refractivity contribution is 0.631. The third kappa shape index (κ3) is 1.93. The van der Waals surface area contributed by atoms with Crippen LogP contribution in [0.5, 0.6) is 0 Å². The summed E-state index contributed by atoms with van der Waals surface area (Å²) in [5, 5.41) is 9.37. The van der Waals surface area contributed by atoms with Gasteiger partial charge in [-0.15, -0.1) is 11.3 Å². The molecule has 0 unspecified atom stereocenters. The molecule has 3 aromatic rings. The van der Waals surface area contributed by atoms with Crippen molar-refractivity contribution in [3.63, 3.8) is 0 Å². The predicted molar refractivity (Wildman–Crippen MR) is 93.7 cm³/mol. The van der Waals surface area contributed by atoms with Crippen LogP contribution in [0, 0.1) is 13.8 Å². The second-order valence-corrected chi connectivity index (χ2v) is 7.29. The Labute approximate surface area is 136 Å². The maximum Gasteiger partial charge on any atom is 0.0708 e. The minimum atomic E-state index is 0.977. The first-order valence-electron chi connectivity index (χ1n) is 7.23. The monoisotopic (exact) mass is 360 g/mol. The first-order chi connectivity index (χ1) is 10.2. The third-order valence-corrected chi connectivity index (χ3v) is 6.22. The number of fused-ring (bicyclic) bond motifs is 3. The molecule has 0 spiro atoms. The van der Waals surface area contributed by atoms with Gasteiger partial charge in [-0.2, -0.15) is 0 Å². The number of rotatable bonds is 1. The molecule has 108 valence electrons. The number of hydrogen-bond acceptors (Lipinski definition) is 2. The van der Waals surface area contributed by atoms with E-state index in [1.54, 1.807) is 11.3 Å². The Morgan fingerprint density at radius 2 is 2.10 bits per heavy atom. The Hall–Kier alpha value is -1.10. The highest BCUT2D eigenvalue weighted by Gasteiger charge is 2.23. The van der Waals surface area contributed by atoms with E-state index in [4.69, 9.17) is 0 Å². The van der Waals surface area contributed by atoms with Crippen molar-refractivity contribution in [2.75, 3.05) is 6.54 Å². The highest BCUT2D eigenvalue weighted by molar-refractivity contribution is 9.10. The van der Waals surface area contributed by atoms with E-state index < -0.39 is 0 Å². The second kappa shape index (κ2) is 4.97. The van der Waals surface area contributed by atoms with Crippen molar-refractivity contribution in [3.8, 4) is 5.69 Å². The molecule has 0 atom stereocenters. The van der Waals surface area contributed by atoms with Crippen molar-refractivity contribution in [2.45, 2.75) is 26.8 Å². The van der Waals surface area contributed by atoms with Crippen LogP contribution >= 0.6 is 27.3 Å². The molecule has 21 heavy (non-hydrogen) atoms. The smallest absolute Gasteiger partial charge is 0.0708 e. The highest BCUT2D eigenvalue weighted by Crippen LogP contribution is 2.37. The lowest BCUT2D eigenvalue weighted by Gasteiger charge is -2.17. The zero-order chi connectivity index (χ0) is 14.6. The molecular weight excluding hydrogens is 344 g/mol. The van der Waals surface area contributed by atoms with Crippen molar-refractivity contribution in [3.05, 3.63) is 49.7 Å². The van der Waals surface area contributed by atoms with Gasteiger partial charge in [-0.25, -0.2) is 0 Å². The van der Waals surface area contributed by atoms with Crippen LogP contribution in [0.3, 0.4) is 0 Å². The first-order valence-corrected chi connectivity index (χ1v) is 8.97. The summed E-state index contributed by atoms with van der Waals surface area (Å²) in [5.74, 6) is 0. The van der Waals surface area contributed by atoms with Crippen LogP contribution in [0.1, 0.15) is 22.4 Å². The summed E-state index contributed by atoms with van der Waals surface area (Å²) in [7, 11) is 0. The molecule has 1 N–H and O–H groups in total. The van der Waals surface area contributed by atoms with E-state index in [1.165, 1.54) is 43.4 Å². The SMILES string of the molecule is Cc1ccc2c(c1C)c1c(n2-c2cscc2Br)CCNC1. The summed E-state index contributed by atoms with van der Waals surface area (Å²) in [6, 6.07) is 4.52. The third-order valence-electron chi connectivity index (χ3n) is 4.55. The summed E-state index contributed by atoms with van der Waals surface area (Å²) in [5.41, 5.74) is 8.35. The lowest BCUT2D eigenvalue weighted by Crippen LogP contribution is -2.24. The lowest BCUT2D eigenvalue weighted by atomic mass is 9.99. The van der Waals surface area contributed by atoms with Gasteiger partial charge in [-0.3, -0.25) is 0 Å². The van der Waals surface area contributed by atoms with Gasteiger partial charge in [0, 0.05) is 41.4 Å². The Balaban J connectivity index is 2.16. The second-order valence-electron chi connectivity index (χ2n) is 5.69. The number of nitrogens with one attached hydrogen (secondary N) is 1. The first kappa shape index (κ1) is 13.6.